The van der Waals surface area contributed by atoms with Crippen LogP contribution in [0.3, 0.4) is 0 Å². The Morgan fingerprint density at radius 1 is 1.73 bits per heavy atom. The lowest BCUT2D eigenvalue weighted by atomic mass is 9.88. The molecule has 2 aliphatic carbocycles. The van der Waals surface area contributed by atoms with Crippen LogP contribution in [0, 0.1) is 11.3 Å². The van der Waals surface area contributed by atoms with Gasteiger partial charge in [-0.15, -0.1) is 0 Å². The third kappa shape index (κ3) is 0.817. The maximum atomic E-state index is 11.3. The van der Waals surface area contributed by atoms with Gasteiger partial charge in [0, 0.05) is 0 Å². The van der Waals surface area contributed by atoms with Crippen molar-refractivity contribution in [2.75, 3.05) is 7.11 Å². The van der Waals surface area contributed by atoms with E-state index >= 15 is 0 Å². The summed E-state index contributed by atoms with van der Waals surface area (Å²) in [4.78, 5) is 11.3. The van der Waals surface area contributed by atoms with Crippen LogP contribution in [0.1, 0.15) is 19.3 Å². The van der Waals surface area contributed by atoms with E-state index in [4.69, 9.17) is 4.74 Å². The molecule has 0 unspecified atom stereocenters. The van der Waals surface area contributed by atoms with Crippen molar-refractivity contribution in [1.29, 1.82) is 0 Å². The second-order valence-electron chi connectivity index (χ2n) is 3.51. The van der Waals surface area contributed by atoms with E-state index < -0.39 is 0 Å². The summed E-state index contributed by atoms with van der Waals surface area (Å²) in [5.41, 5.74) is -0.223. The predicted octanol–water partition coefficient (Wildman–Crippen LogP) is 1.52. The van der Waals surface area contributed by atoms with Gasteiger partial charge in [-0.2, -0.15) is 0 Å². The van der Waals surface area contributed by atoms with Crippen molar-refractivity contribution in [1.82, 2.24) is 0 Å². The zero-order valence-corrected chi connectivity index (χ0v) is 6.67. The van der Waals surface area contributed by atoms with Crippen LogP contribution in [0.5, 0.6) is 0 Å². The highest BCUT2D eigenvalue weighted by molar-refractivity contribution is 5.80. The van der Waals surface area contributed by atoms with E-state index in [9.17, 15) is 4.79 Å². The first-order valence-electron chi connectivity index (χ1n) is 4.05. The van der Waals surface area contributed by atoms with Gasteiger partial charge >= 0.3 is 5.97 Å². The molecular weight excluding hydrogens is 140 g/mol. The second-order valence-corrected chi connectivity index (χ2v) is 3.51. The number of rotatable bonds is 1. The monoisotopic (exact) mass is 152 g/mol. The number of esters is 1. The van der Waals surface area contributed by atoms with E-state index in [2.05, 4.69) is 6.08 Å². The highest BCUT2D eigenvalue weighted by Crippen LogP contribution is 2.49. The van der Waals surface area contributed by atoms with Crippen molar-refractivity contribution >= 4 is 5.97 Å². The Labute approximate surface area is 66.2 Å². The van der Waals surface area contributed by atoms with Crippen molar-refractivity contribution in [3.63, 3.8) is 0 Å². The zero-order chi connectivity index (χ0) is 7.90. The van der Waals surface area contributed by atoms with Gasteiger partial charge in [0.15, 0.2) is 0 Å². The topological polar surface area (TPSA) is 26.3 Å². The molecule has 0 aromatic heterocycles. The van der Waals surface area contributed by atoms with Crippen LogP contribution in [-0.4, -0.2) is 13.1 Å². The Balaban J connectivity index is 2.23. The summed E-state index contributed by atoms with van der Waals surface area (Å²) in [5.74, 6) is 0.600. The summed E-state index contributed by atoms with van der Waals surface area (Å²) < 4.78 is 4.76. The largest absolute Gasteiger partial charge is 0.468 e. The maximum Gasteiger partial charge on any atom is 0.315 e. The Hall–Kier alpha value is -0.790. The second kappa shape index (κ2) is 2.10. The SMILES string of the molecule is COC(=O)[C@]12C=C[C@@H](CC1)C2. The fourth-order valence-corrected chi connectivity index (χ4v) is 2.21. The van der Waals surface area contributed by atoms with Crippen LogP contribution in [-0.2, 0) is 9.53 Å². The number of hydrogen-bond acceptors (Lipinski definition) is 2. The number of hydrogen-bond donors (Lipinski definition) is 0. The van der Waals surface area contributed by atoms with Gasteiger partial charge < -0.3 is 4.74 Å². The van der Waals surface area contributed by atoms with E-state index in [0.29, 0.717) is 5.92 Å². The Morgan fingerprint density at radius 3 is 2.91 bits per heavy atom. The first-order chi connectivity index (χ1) is 5.27. The fraction of sp³-hybridized carbons (Fsp3) is 0.667. The molecule has 2 heteroatoms. The molecule has 1 fully saturated rings. The molecule has 2 atom stereocenters. The molecule has 0 aliphatic heterocycles. The molecular formula is C9H12O2. The van der Waals surface area contributed by atoms with Crippen molar-refractivity contribution in [3.05, 3.63) is 12.2 Å². The predicted molar refractivity (Wildman–Crippen MR) is 40.9 cm³/mol. The standard InChI is InChI=1S/C9H12O2/c1-11-8(10)9-4-2-7(6-9)3-5-9/h2,4,7H,3,5-6H2,1H3/t7-,9+/m0/s1. The molecule has 0 spiro atoms. The summed E-state index contributed by atoms with van der Waals surface area (Å²) in [6, 6.07) is 0. The van der Waals surface area contributed by atoms with E-state index in [-0.39, 0.29) is 11.4 Å². The highest BCUT2D eigenvalue weighted by atomic mass is 16.5. The molecule has 11 heavy (non-hydrogen) atoms. The molecule has 0 N–H and O–H groups in total. The van der Waals surface area contributed by atoms with Crippen molar-refractivity contribution in [2.24, 2.45) is 11.3 Å². The van der Waals surface area contributed by atoms with Crippen LogP contribution in [0.4, 0.5) is 0 Å². The minimum Gasteiger partial charge on any atom is -0.468 e. The Morgan fingerprint density at radius 2 is 2.55 bits per heavy atom. The van der Waals surface area contributed by atoms with Gasteiger partial charge in [0.1, 0.15) is 0 Å². The first kappa shape index (κ1) is 6.89. The lowest BCUT2D eigenvalue weighted by molar-refractivity contribution is -0.149. The average Bonchev–Trinajstić information content (AvgIpc) is 2.62. The van der Waals surface area contributed by atoms with E-state index in [1.165, 1.54) is 7.11 Å². The molecule has 2 bridgehead atoms. The van der Waals surface area contributed by atoms with Crippen molar-refractivity contribution in [2.45, 2.75) is 19.3 Å². The molecule has 2 aliphatic rings. The molecule has 2 rings (SSSR count). The number of methoxy groups -OCH3 is 1. The molecule has 0 aromatic carbocycles. The third-order valence-electron chi connectivity index (χ3n) is 2.87. The Kier molecular flexibility index (Phi) is 1.31. The fourth-order valence-electron chi connectivity index (χ4n) is 2.21. The summed E-state index contributed by atoms with van der Waals surface area (Å²) >= 11 is 0. The van der Waals surface area contributed by atoms with E-state index in [0.717, 1.165) is 19.3 Å². The quantitative estimate of drug-likeness (QED) is 0.420. The van der Waals surface area contributed by atoms with Gasteiger partial charge in [-0.25, -0.2) is 0 Å². The molecule has 60 valence electrons. The van der Waals surface area contributed by atoms with Crippen LogP contribution in [0.25, 0.3) is 0 Å². The maximum absolute atomic E-state index is 11.3. The lowest BCUT2D eigenvalue weighted by Gasteiger charge is -2.19. The van der Waals surface area contributed by atoms with E-state index in [1.807, 2.05) is 6.08 Å². The van der Waals surface area contributed by atoms with Gasteiger partial charge in [-0.1, -0.05) is 12.2 Å². The van der Waals surface area contributed by atoms with Gasteiger partial charge in [-0.3, -0.25) is 4.79 Å². The summed E-state index contributed by atoms with van der Waals surface area (Å²) in [6.45, 7) is 0. The number of carbonyl (C=O) groups is 1. The molecule has 0 aromatic rings. The number of ether oxygens (including phenoxy) is 1. The molecule has 0 amide bonds. The zero-order valence-electron chi connectivity index (χ0n) is 6.67. The first-order valence-corrected chi connectivity index (χ1v) is 4.05. The summed E-state index contributed by atoms with van der Waals surface area (Å²) in [7, 11) is 1.47. The lowest BCUT2D eigenvalue weighted by Crippen LogP contribution is -2.25. The highest BCUT2D eigenvalue weighted by Gasteiger charge is 2.47. The van der Waals surface area contributed by atoms with Gasteiger partial charge in [0.25, 0.3) is 0 Å². The smallest absolute Gasteiger partial charge is 0.315 e. The van der Waals surface area contributed by atoms with Crippen LogP contribution in [0.15, 0.2) is 12.2 Å². The molecule has 0 saturated heterocycles. The number of carbonyl (C=O) groups excluding carboxylic acids is 1. The van der Waals surface area contributed by atoms with E-state index in [1.54, 1.807) is 0 Å². The minimum atomic E-state index is -0.223. The molecule has 0 heterocycles. The molecule has 1 saturated carbocycles. The molecule has 0 radical (unpaired) electrons. The van der Waals surface area contributed by atoms with Gasteiger partial charge in [0.05, 0.1) is 12.5 Å². The Bertz CT molecular complexity index is 220. The van der Waals surface area contributed by atoms with Crippen molar-refractivity contribution < 1.29 is 9.53 Å². The normalized spacial score (nSPS) is 39.5. The van der Waals surface area contributed by atoms with Crippen LogP contribution < -0.4 is 0 Å². The summed E-state index contributed by atoms with van der Waals surface area (Å²) in [5, 5.41) is 0. The third-order valence-corrected chi connectivity index (χ3v) is 2.87. The summed E-state index contributed by atoms with van der Waals surface area (Å²) in [6.07, 6.45) is 7.32. The van der Waals surface area contributed by atoms with Gasteiger partial charge in [-0.05, 0) is 25.2 Å². The molecule has 2 nitrogen and oxygen atoms in total. The van der Waals surface area contributed by atoms with Crippen molar-refractivity contribution in [3.8, 4) is 0 Å². The minimum absolute atomic E-state index is 0.0475. The average molecular weight is 152 g/mol. The van der Waals surface area contributed by atoms with Gasteiger partial charge in [0.2, 0.25) is 0 Å². The van der Waals surface area contributed by atoms with Crippen LogP contribution in [0.2, 0.25) is 0 Å². The number of allylic oxidation sites excluding steroid dienone is 1. The number of fused-ring (bicyclic) bond motifs is 2. The van der Waals surface area contributed by atoms with Crippen LogP contribution >= 0.6 is 0 Å².